The molecule has 0 spiro atoms. The van der Waals surface area contributed by atoms with E-state index in [2.05, 4.69) is 0 Å². The fraction of sp³-hybridized carbons (Fsp3) is 0.500. The van der Waals surface area contributed by atoms with Crippen LogP contribution in [0.4, 0.5) is 4.39 Å². The molecule has 1 atom stereocenters. The molecular formula is C20H23FN2O3. The van der Waals surface area contributed by atoms with Gasteiger partial charge in [-0.3, -0.25) is 9.59 Å². The van der Waals surface area contributed by atoms with Crippen LogP contribution in [0.5, 0.6) is 0 Å². The molecule has 0 N–H and O–H groups in total. The van der Waals surface area contributed by atoms with Crippen LogP contribution in [0.3, 0.4) is 0 Å². The van der Waals surface area contributed by atoms with Crippen LogP contribution in [-0.4, -0.2) is 47.8 Å². The minimum atomic E-state index is -0.359. The molecule has 6 heteroatoms. The van der Waals surface area contributed by atoms with E-state index in [-0.39, 0.29) is 29.3 Å². The highest BCUT2D eigenvalue weighted by Gasteiger charge is 2.36. The fourth-order valence-corrected chi connectivity index (χ4v) is 4.28. The normalized spacial score (nSPS) is 21.1. The van der Waals surface area contributed by atoms with Crippen LogP contribution < -0.4 is 0 Å². The Labute approximate surface area is 151 Å². The predicted octanol–water partition coefficient (Wildman–Crippen LogP) is 3.44. The van der Waals surface area contributed by atoms with E-state index in [1.807, 2.05) is 4.90 Å². The third-order valence-electron chi connectivity index (χ3n) is 5.57. The van der Waals surface area contributed by atoms with E-state index in [9.17, 15) is 14.0 Å². The zero-order chi connectivity index (χ0) is 18.3. The molecule has 1 aromatic carbocycles. The van der Waals surface area contributed by atoms with Gasteiger partial charge in [0, 0.05) is 43.9 Å². The topological polar surface area (TPSA) is 53.8 Å². The van der Waals surface area contributed by atoms with E-state index in [0.29, 0.717) is 30.0 Å². The summed E-state index contributed by atoms with van der Waals surface area (Å²) in [5.41, 5.74) is 0.492. The molecule has 26 heavy (non-hydrogen) atoms. The Balaban J connectivity index is 1.41. The Kier molecular flexibility index (Phi) is 4.42. The van der Waals surface area contributed by atoms with Crippen molar-refractivity contribution in [3.63, 3.8) is 0 Å². The van der Waals surface area contributed by atoms with Gasteiger partial charge in [-0.15, -0.1) is 0 Å². The van der Waals surface area contributed by atoms with Crippen molar-refractivity contribution in [3.05, 3.63) is 35.8 Å². The third kappa shape index (κ3) is 3.20. The molecular weight excluding hydrogens is 335 g/mol. The van der Waals surface area contributed by atoms with Gasteiger partial charge in [0.25, 0.3) is 5.91 Å². The van der Waals surface area contributed by atoms with Crippen LogP contribution in [0.1, 0.15) is 42.7 Å². The van der Waals surface area contributed by atoms with Crippen molar-refractivity contribution in [3.8, 4) is 0 Å². The van der Waals surface area contributed by atoms with Gasteiger partial charge in [-0.25, -0.2) is 4.39 Å². The molecule has 2 aromatic rings. The fourth-order valence-electron chi connectivity index (χ4n) is 4.28. The van der Waals surface area contributed by atoms with E-state index in [1.54, 1.807) is 18.0 Å². The van der Waals surface area contributed by atoms with Gasteiger partial charge in [0.15, 0.2) is 5.76 Å². The Hall–Kier alpha value is -2.37. The van der Waals surface area contributed by atoms with E-state index < -0.39 is 0 Å². The van der Waals surface area contributed by atoms with Gasteiger partial charge >= 0.3 is 0 Å². The predicted molar refractivity (Wildman–Crippen MR) is 95.2 cm³/mol. The van der Waals surface area contributed by atoms with Crippen LogP contribution in [0, 0.1) is 11.7 Å². The van der Waals surface area contributed by atoms with Crippen molar-refractivity contribution in [2.45, 2.75) is 38.1 Å². The number of benzene rings is 1. The summed E-state index contributed by atoms with van der Waals surface area (Å²) in [5.74, 6) is -0.0404. The standard InChI is InChI=1S/C20H23FN2O3/c1-22(11-13-8-19(24)23(12-13)16-4-2-3-5-16)20(25)18-10-14-9-15(21)6-7-17(14)26-18/h6-7,9-10,13,16H,2-5,8,11-12H2,1H3. The molecule has 1 aliphatic heterocycles. The maximum atomic E-state index is 13.3. The number of rotatable bonds is 4. The number of halogens is 1. The average Bonchev–Trinajstić information content (AvgIpc) is 3.33. The smallest absolute Gasteiger partial charge is 0.289 e. The summed E-state index contributed by atoms with van der Waals surface area (Å²) in [4.78, 5) is 28.6. The minimum absolute atomic E-state index is 0.152. The highest BCUT2D eigenvalue weighted by molar-refractivity contribution is 5.96. The van der Waals surface area contributed by atoms with Crippen molar-refractivity contribution >= 4 is 22.8 Å². The molecule has 4 rings (SSSR count). The Morgan fingerprint density at radius 3 is 2.85 bits per heavy atom. The maximum absolute atomic E-state index is 13.3. The highest BCUT2D eigenvalue weighted by atomic mass is 19.1. The summed E-state index contributed by atoms with van der Waals surface area (Å²) in [7, 11) is 1.72. The van der Waals surface area contributed by atoms with Crippen molar-refractivity contribution in [2.75, 3.05) is 20.1 Å². The Morgan fingerprint density at radius 1 is 1.31 bits per heavy atom. The average molecular weight is 358 g/mol. The lowest BCUT2D eigenvalue weighted by Crippen LogP contribution is -2.36. The van der Waals surface area contributed by atoms with Crippen LogP contribution in [0.2, 0.25) is 0 Å². The van der Waals surface area contributed by atoms with E-state index in [1.165, 1.54) is 31.0 Å². The van der Waals surface area contributed by atoms with Crippen LogP contribution in [0.25, 0.3) is 11.0 Å². The first-order valence-corrected chi connectivity index (χ1v) is 9.25. The lowest BCUT2D eigenvalue weighted by molar-refractivity contribution is -0.129. The maximum Gasteiger partial charge on any atom is 0.289 e. The second-order valence-corrected chi connectivity index (χ2v) is 7.53. The lowest BCUT2D eigenvalue weighted by Gasteiger charge is -2.25. The van der Waals surface area contributed by atoms with Gasteiger partial charge in [-0.1, -0.05) is 12.8 Å². The molecule has 2 amide bonds. The second-order valence-electron chi connectivity index (χ2n) is 7.53. The quantitative estimate of drug-likeness (QED) is 0.841. The van der Waals surface area contributed by atoms with E-state index in [0.717, 1.165) is 19.4 Å². The summed E-state index contributed by atoms with van der Waals surface area (Å²) in [6, 6.07) is 6.15. The molecule has 138 valence electrons. The number of amides is 2. The molecule has 1 aliphatic carbocycles. The van der Waals surface area contributed by atoms with Gasteiger partial charge in [0.2, 0.25) is 5.91 Å². The molecule has 1 saturated carbocycles. The molecule has 0 radical (unpaired) electrons. The Morgan fingerprint density at radius 2 is 2.08 bits per heavy atom. The van der Waals surface area contributed by atoms with Gasteiger partial charge in [-0.2, -0.15) is 0 Å². The number of likely N-dealkylation sites (tertiary alicyclic amines) is 1. The number of furan rings is 1. The van der Waals surface area contributed by atoms with Crippen molar-refractivity contribution in [1.29, 1.82) is 0 Å². The third-order valence-corrected chi connectivity index (χ3v) is 5.57. The molecule has 5 nitrogen and oxygen atoms in total. The first-order chi connectivity index (χ1) is 12.5. The van der Waals surface area contributed by atoms with Crippen LogP contribution >= 0.6 is 0 Å². The zero-order valence-corrected chi connectivity index (χ0v) is 14.9. The van der Waals surface area contributed by atoms with Gasteiger partial charge in [0.05, 0.1) is 0 Å². The van der Waals surface area contributed by atoms with E-state index in [4.69, 9.17) is 4.42 Å². The number of hydrogen-bond acceptors (Lipinski definition) is 3. The van der Waals surface area contributed by atoms with Crippen molar-refractivity contribution in [2.24, 2.45) is 5.92 Å². The lowest BCUT2D eigenvalue weighted by atomic mass is 10.1. The SMILES string of the molecule is CN(CC1CC(=O)N(C2CCCC2)C1)C(=O)c1cc2cc(F)ccc2o1. The zero-order valence-electron chi connectivity index (χ0n) is 14.9. The second kappa shape index (κ2) is 6.74. The number of hydrogen-bond donors (Lipinski definition) is 0. The van der Waals surface area contributed by atoms with Gasteiger partial charge < -0.3 is 14.2 Å². The number of carbonyl (C=O) groups excluding carboxylic acids is 2. The number of nitrogens with zero attached hydrogens (tertiary/aromatic N) is 2. The number of carbonyl (C=O) groups is 2. The van der Waals surface area contributed by atoms with Crippen LogP contribution in [-0.2, 0) is 4.79 Å². The summed E-state index contributed by atoms with van der Waals surface area (Å²) < 4.78 is 18.9. The number of fused-ring (bicyclic) bond motifs is 1. The molecule has 1 saturated heterocycles. The molecule has 2 fully saturated rings. The van der Waals surface area contributed by atoms with Crippen LogP contribution in [0.15, 0.2) is 28.7 Å². The first-order valence-electron chi connectivity index (χ1n) is 9.25. The first kappa shape index (κ1) is 17.1. The summed E-state index contributed by atoms with van der Waals surface area (Å²) >= 11 is 0. The largest absolute Gasteiger partial charge is 0.451 e. The van der Waals surface area contributed by atoms with Crippen molar-refractivity contribution in [1.82, 2.24) is 9.80 Å². The van der Waals surface area contributed by atoms with E-state index >= 15 is 0 Å². The molecule has 1 unspecified atom stereocenters. The molecule has 1 aromatic heterocycles. The molecule has 2 aliphatic rings. The summed E-state index contributed by atoms with van der Waals surface area (Å²) in [6.07, 6.45) is 5.10. The van der Waals surface area contributed by atoms with Crippen molar-refractivity contribution < 1.29 is 18.4 Å². The monoisotopic (exact) mass is 358 g/mol. The summed E-state index contributed by atoms with van der Waals surface area (Å²) in [5, 5.41) is 0.574. The van der Waals surface area contributed by atoms with Gasteiger partial charge in [0.1, 0.15) is 11.4 Å². The minimum Gasteiger partial charge on any atom is -0.451 e. The molecule has 2 heterocycles. The molecule has 0 bridgehead atoms. The highest BCUT2D eigenvalue weighted by Crippen LogP contribution is 2.30. The Bertz CT molecular complexity index is 841. The van der Waals surface area contributed by atoms with Gasteiger partial charge in [-0.05, 0) is 37.1 Å². The summed E-state index contributed by atoms with van der Waals surface area (Å²) in [6.45, 7) is 1.24.